The average Bonchev–Trinajstić information content (AvgIpc) is 3.40. The van der Waals surface area contributed by atoms with E-state index in [0.29, 0.717) is 18.6 Å². The molecular formula is C21H26N2O7S. The van der Waals surface area contributed by atoms with E-state index in [4.69, 9.17) is 13.9 Å². The SMILES string of the molecule is CCOC(=O)c1coc([C@@]2(C=O)CC[C@H](N(Cc3ccc(OC)cc3)S(C)(=O)=O)C2)n1. The van der Waals surface area contributed by atoms with Crippen molar-refractivity contribution in [2.45, 2.75) is 44.2 Å². The lowest BCUT2D eigenvalue weighted by Crippen LogP contribution is -2.39. The molecule has 1 aromatic heterocycles. The second kappa shape index (κ2) is 9.19. The van der Waals surface area contributed by atoms with E-state index >= 15 is 0 Å². The second-order valence-corrected chi connectivity index (χ2v) is 9.52. The molecule has 1 aliphatic rings. The summed E-state index contributed by atoms with van der Waals surface area (Å²) in [4.78, 5) is 28.1. The summed E-state index contributed by atoms with van der Waals surface area (Å²) in [6.45, 7) is 2.04. The third kappa shape index (κ3) is 4.96. The van der Waals surface area contributed by atoms with Crippen LogP contribution < -0.4 is 4.74 Å². The molecule has 0 radical (unpaired) electrons. The summed E-state index contributed by atoms with van der Waals surface area (Å²) < 4.78 is 42.0. The molecule has 2 atom stereocenters. The number of methoxy groups -OCH3 is 1. The maximum absolute atomic E-state index is 12.6. The van der Waals surface area contributed by atoms with Crippen LogP contribution in [0.1, 0.15) is 48.1 Å². The number of ether oxygens (including phenoxy) is 2. The number of hydrogen-bond acceptors (Lipinski definition) is 8. The van der Waals surface area contributed by atoms with Crippen LogP contribution in [-0.2, 0) is 31.5 Å². The summed E-state index contributed by atoms with van der Waals surface area (Å²) in [7, 11) is -2.00. The van der Waals surface area contributed by atoms with E-state index in [1.54, 1.807) is 38.3 Å². The van der Waals surface area contributed by atoms with Gasteiger partial charge >= 0.3 is 5.97 Å². The van der Waals surface area contributed by atoms with Gasteiger partial charge in [0.15, 0.2) is 5.69 Å². The minimum Gasteiger partial charge on any atom is -0.497 e. The van der Waals surface area contributed by atoms with Crippen LogP contribution >= 0.6 is 0 Å². The molecule has 9 nitrogen and oxygen atoms in total. The zero-order chi connectivity index (χ0) is 22.6. The molecule has 1 aromatic carbocycles. The van der Waals surface area contributed by atoms with Crippen LogP contribution in [0.3, 0.4) is 0 Å². The molecule has 0 N–H and O–H groups in total. The van der Waals surface area contributed by atoms with Gasteiger partial charge in [0.1, 0.15) is 23.7 Å². The van der Waals surface area contributed by atoms with Crippen molar-refractivity contribution in [2.75, 3.05) is 20.0 Å². The Morgan fingerprint density at radius 2 is 2.06 bits per heavy atom. The summed E-state index contributed by atoms with van der Waals surface area (Å²) >= 11 is 0. The van der Waals surface area contributed by atoms with Crippen molar-refractivity contribution in [3.63, 3.8) is 0 Å². The van der Waals surface area contributed by atoms with E-state index in [-0.39, 0.29) is 31.2 Å². The third-order valence-electron chi connectivity index (χ3n) is 5.49. The number of rotatable bonds is 9. The number of aldehydes is 1. The molecule has 1 heterocycles. The van der Waals surface area contributed by atoms with Gasteiger partial charge in [-0.05, 0) is 43.9 Å². The maximum atomic E-state index is 12.6. The van der Waals surface area contributed by atoms with Crippen molar-refractivity contribution in [1.29, 1.82) is 0 Å². The highest BCUT2D eigenvalue weighted by Crippen LogP contribution is 2.42. The number of oxazole rings is 1. The Kier molecular flexibility index (Phi) is 6.80. The number of carbonyl (C=O) groups excluding carboxylic acids is 2. The van der Waals surface area contributed by atoms with Crippen molar-refractivity contribution < 1.29 is 31.9 Å². The van der Waals surface area contributed by atoms with Gasteiger partial charge in [-0.1, -0.05) is 12.1 Å². The van der Waals surface area contributed by atoms with Gasteiger partial charge in [-0.15, -0.1) is 0 Å². The predicted octanol–water partition coefficient (Wildman–Crippen LogP) is 2.31. The first-order valence-corrected chi connectivity index (χ1v) is 11.8. The number of nitrogens with zero attached hydrogens (tertiary/aromatic N) is 2. The summed E-state index contributed by atoms with van der Waals surface area (Å²) in [5.74, 6) is 0.146. The van der Waals surface area contributed by atoms with Gasteiger partial charge in [-0.3, -0.25) is 0 Å². The van der Waals surface area contributed by atoms with Gasteiger partial charge in [0.2, 0.25) is 15.9 Å². The van der Waals surface area contributed by atoms with E-state index < -0.39 is 27.4 Å². The van der Waals surface area contributed by atoms with Gasteiger partial charge < -0.3 is 18.7 Å². The standard InChI is InChI=1S/C21H26N2O7S/c1-4-29-19(25)18-13-30-20(22-18)21(14-24)10-9-16(11-21)23(31(3,26)27)12-15-5-7-17(28-2)8-6-15/h5-8,13-14,16H,4,9-12H2,1-3H3/t16-,21-/m0/s1. The van der Waals surface area contributed by atoms with Crippen molar-refractivity contribution in [3.8, 4) is 5.75 Å². The van der Waals surface area contributed by atoms with Gasteiger partial charge in [-0.2, -0.15) is 4.31 Å². The maximum Gasteiger partial charge on any atom is 0.360 e. The van der Waals surface area contributed by atoms with Crippen LogP contribution in [0, 0.1) is 0 Å². The first kappa shape index (κ1) is 23.0. The Morgan fingerprint density at radius 1 is 1.35 bits per heavy atom. The Morgan fingerprint density at radius 3 is 2.65 bits per heavy atom. The molecule has 1 saturated carbocycles. The fourth-order valence-corrected chi connectivity index (χ4v) is 4.98. The lowest BCUT2D eigenvalue weighted by atomic mass is 9.87. The van der Waals surface area contributed by atoms with Crippen LogP contribution in [0.4, 0.5) is 0 Å². The lowest BCUT2D eigenvalue weighted by Gasteiger charge is -2.28. The molecule has 10 heteroatoms. The topological polar surface area (TPSA) is 116 Å². The Hall–Kier alpha value is -2.72. The van der Waals surface area contributed by atoms with Crippen molar-refractivity contribution >= 4 is 22.3 Å². The molecule has 2 aromatic rings. The minimum atomic E-state index is -3.56. The van der Waals surface area contributed by atoms with Crippen LogP contribution in [0.5, 0.6) is 5.75 Å². The molecule has 0 bridgehead atoms. The van der Waals surface area contributed by atoms with Gasteiger partial charge in [0.05, 0.1) is 20.0 Å². The fourth-order valence-electron chi connectivity index (χ4n) is 3.88. The molecule has 1 aliphatic carbocycles. The number of benzene rings is 1. The monoisotopic (exact) mass is 450 g/mol. The Labute approximate surface area is 181 Å². The summed E-state index contributed by atoms with van der Waals surface area (Å²) in [5.41, 5.74) is -0.312. The van der Waals surface area contributed by atoms with E-state index in [1.807, 2.05) is 0 Å². The van der Waals surface area contributed by atoms with Crippen LogP contribution in [-0.4, -0.2) is 56.0 Å². The van der Waals surface area contributed by atoms with E-state index in [0.717, 1.165) is 24.4 Å². The van der Waals surface area contributed by atoms with Gasteiger partial charge in [0, 0.05) is 12.6 Å². The van der Waals surface area contributed by atoms with Crippen molar-refractivity contribution in [2.24, 2.45) is 0 Å². The minimum absolute atomic E-state index is 0.0141. The molecule has 0 spiro atoms. The van der Waals surface area contributed by atoms with Gasteiger partial charge in [-0.25, -0.2) is 18.2 Å². The number of aromatic nitrogens is 1. The largest absolute Gasteiger partial charge is 0.497 e. The quantitative estimate of drug-likeness (QED) is 0.422. The van der Waals surface area contributed by atoms with Crippen molar-refractivity contribution in [1.82, 2.24) is 9.29 Å². The zero-order valence-corrected chi connectivity index (χ0v) is 18.6. The highest BCUT2D eigenvalue weighted by molar-refractivity contribution is 7.88. The molecule has 0 amide bonds. The first-order chi connectivity index (χ1) is 14.7. The number of carbonyl (C=O) groups is 2. The molecule has 31 heavy (non-hydrogen) atoms. The molecule has 3 rings (SSSR count). The first-order valence-electron chi connectivity index (χ1n) is 9.91. The van der Waals surface area contributed by atoms with E-state index in [1.165, 1.54) is 4.31 Å². The van der Waals surface area contributed by atoms with Crippen molar-refractivity contribution in [3.05, 3.63) is 47.7 Å². The highest BCUT2D eigenvalue weighted by Gasteiger charge is 2.48. The van der Waals surface area contributed by atoms with Gasteiger partial charge in [0.25, 0.3) is 0 Å². The summed E-state index contributed by atoms with van der Waals surface area (Å²) in [5, 5.41) is 0. The second-order valence-electron chi connectivity index (χ2n) is 7.59. The Balaban J connectivity index is 1.83. The normalized spacial score (nSPS) is 21.2. The molecular weight excluding hydrogens is 424 g/mol. The third-order valence-corrected chi connectivity index (χ3v) is 6.77. The average molecular weight is 451 g/mol. The molecule has 1 fully saturated rings. The molecule has 168 valence electrons. The predicted molar refractivity (Wildman–Crippen MR) is 111 cm³/mol. The molecule has 0 saturated heterocycles. The number of sulfonamides is 1. The van der Waals surface area contributed by atoms with Crippen LogP contribution in [0.25, 0.3) is 0 Å². The Bertz CT molecular complexity index is 1030. The number of esters is 1. The highest BCUT2D eigenvalue weighted by atomic mass is 32.2. The smallest absolute Gasteiger partial charge is 0.360 e. The summed E-state index contributed by atoms with van der Waals surface area (Å²) in [6.07, 6.45) is 4.08. The van der Waals surface area contributed by atoms with Crippen LogP contribution in [0.15, 0.2) is 34.9 Å². The lowest BCUT2D eigenvalue weighted by molar-refractivity contribution is -0.113. The summed E-state index contributed by atoms with van der Waals surface area (Å²) in [6, 6.07) is 6.73. The zero-order valence-electron chi connectivity index (χ0n) is 17.7. The number of hydrogen-bond donors (Lipinski definition) is 0. The fraction of sp³-hybridized carbons (Fsp3) is 0.476. The van der Waals surface area contributed by atoms with E-state index in [9.17, 15) is 18.0 Å². The molecule has 0 aliphatic heterocycles. The molecule has 0 unspecified atom stereocenters. The van der Waals surface area contributed by atoms with Crippen LogP contribution in [0.2, 0.25) is 0 Å². The van der Waals surface area contributed by atoms with E-state index in [2.05, 4.69) is 4.98 Å².